The molecule has 0 aliphatic rings. The van der Waals surface area contributed by atoms with Gasteiger partial charge in [-0.1, -0.05) is 28.1 Å². The third-order valence-corrected chi connectivity index (χ3v) is 2.74. The first kappa shape index (κ1) is 10.7. The standard InChI is InChI=1S/C10H13BrFN/c1-8-5-9(3-4-10(8)12)6-13(2)7-11/h3-5H,6-7H2,1-2H3. The Morgan fingerprint density at radius 2 is 2.15 bits per heavy atom. The van der Waals surface area contributed by atoms with E-state index in [1.165, 1.54) is 6.07 Å². The van der Waals surface area contributed by atoms with E-state index in [2.05, 4.69) is 20.8 Å². The van der Waals surface area contributed by atoms with Crippen molar-refractivity contribution in [3.8, 4) is 0 Å². The van der Waals surface area contributed by atoms with E-state index in [0.717, 1.165) is 17.6 Å². The molecule has 0 saturated heterocycles. The van der Waals surface area contributed by atoms with Crippen molar-refractivity contribution < 1.29 is 4.39 Å². The third-order valence-electron chi connectivity index (χ3n) is 1.88. The summed E-state index contributed by atoms with van der Waals surface area (Å²) in [7, 11) is 2.01. The van der Waals surface area contributed by atoms with E-state index >= 15 is 0 Å². The van der Waals surface area contributed by atoms with Crippen LogP contribution in [-0.4, -0.2) is 17.4 Å². The predicted molar refractivity (Wildman–Crippen MR) is 56.4 cm³/mol. The van der Waals surface area contributed by atoms with Gasteiger partial charge in [-0.05, 0) is 31.2 Å². The summed E-state index contributed by atoms with van der Waals surface area (Å²) in [4.78, 5) is 2.10. The molecule has 3 heteroatoms. The third kappa shape index (κ3) is 3.08. The van der Waals surface area contributed by atoms with Gasteiger partial charge in [0.05, 0.1) is 5.45 Å². The zero-order valence-electron chi connectivity index (χ0n) is 7.85. The summed E-state index contributed by atoms with van der Waals surface area (Å²) in [5.41, 5.74) is 2.67. The van der Waals surface area contributed by atoms with Gasteiger partial charge in [0.15, 0.2) is 0 Å². The number of alkyl halides is 1. The van der Waals surface area contributed by atoms with E-state index in [0.29, 0.717) is 5.56 Å². The molecule has 0 aromatic heterocycles. The first-order chi connectivity index (χ1) is 6.13. The lowest BCUT2D eigenvalue weighted by atomic mass is 10.1. The van der Waals surface area contributed by atoms with Crippen molar-refractivity contribution in [2.45, 2.75) is 13.5 Å². The van der Waals surface area contributed by atoms with E-state index in [1.807, 2.05) is 19.2 Å². The second-order valence-electron chi connectivity index (χ2n) is 3.22. The van der Waals surface area contributed by atoms with Crippen LogP contribution in [0.15, 0.2) is 18.2 Å². The highest BCUT2D eigenvalue weighted by Gasteiger charge is 2.01. The molecule has 0 aliphatic carbocycles. The van der Waals surface area contributed by atoms with Crippen molar-refractivity contribution in [1.82, 2.24) is 4.90 Å². The maximum atomic E-state index is 12.9. The highest BCUT2D eigenvalue weighted by Crippen LogP contribution is 2.11. The zero-order chi connectivity index (χ0) is 9.84. The molecular weight excluding hydrogens is 233 g/mol. The molecule has 0 amide bonds. The Hall–Kier alpha value is -0.410. The molecule has 0 unspecified atom stereocenters. The first-order valence-electron chi connectivity index (χ1n) is 4.13. The van der Waals surface area contributed by atoms with Crippen molar-refractivity contribution in [3.63, 3.8) is 0 Å². The van der Waals surface area contributed by atoms with Crippen molar-refractivity contribution in [3.05, 3.63) is 35.1 Å². The highest BCUT2D eigenvalue weighted by molar-refractivity contribution is 9.09. The molecule has 0 fully saturated rings. The van der Waals surface area contributed by atoms with Gasteiger partial charge < -0.3 is 0 Å². The van der Waals surface area contributed by atoms with E-state index in [4.69, 9.17) is 0 Å². The van der Waals surface area contributed by atoms with Crippen LogP contribution >= 0.6 is 15.9 Å². The molecule has 1 aromatic carbocycles. The van der Waals surface area contributed by atoms with Gasteiger partial charge in [0.1, 0.15) is 5.82 Å². The summed E-state index contributed by atoms with van der Waals surface area (Å²) in [5.74, 6) is -0.134. The van der Waals surface area contributed by atoms with E-state index in [1.54, 1.807) is 6.92 Å². The van der Waals surface area contributed by atoms with Crippen molar-refractivity contribution in [2.75, 3.05) is 12.5 Å². The Labute approximate surface area is 86.7 Å². The van der Waals surface area contributed by atoms with Crippen LogP contribution < -0.4 is 0 Å². The quantitative estimate of drug-likeness (QED) is 0.585. The fourth-order valence-corrected chi connectivity index (χ4v) is 1.34. The number of hydrogen-bond donors (Lipinski definition) is 0. The number of hydrogen-bond acceptors (Lipinski definition) is 1. The smallest absolute Gasteiger partial charge is 0.126 e. The molecule has 1 rings (SSSR count). The van der Waals surface area contributed by atoms with Crippen molar-refractivity contribution in [2.24, 2.45) is 0 Å². The van der Waals surface area contributed by atoms with Crippen LogP contribution in [0.4, 0.5) is 4.39 Å². The Morgan fingerprint density at radius 1 is 1.46 bits per heavy atom. The van der Waals surface area contributed by atoms with Gasteiger partial charge in [0.2, 0.25) is 0 Å². The Bertz CT molecular complexity index is 288. The maximum Gasteiger partial charge on any atom is 0.126 e. The second kappa shape index (κ2) is 4.72. The Kier molecular flexibility index (Phi) is 3.88. The largest absolute Gasteiger partial charge is 0.292 e. The fourth-order valence-electron chi connectivity index (χ4n) is 1.16. The minimum Gasteiger partial charge on any atom is -0.292 e. The van der Waals surface area contributed by atoms with Gasteiger partial charge in [0.25, 0.3) is 0 Å². The SMILES string of the molecule is Cc1cc(CN(C)CBr)ccc1F. The number of halogens is 2. The molecule has 1 nitrogen and oxygen atoms in total. The number of rotatable bonds is 3. The minimum absolute atomic E-state index is 0.134. The summed E-state index contributed by atoms with van der Waals surface area (Å²) in [6.45, 7) is 2.62. The van der Waals surface area contributed by atoms with Gasteiger partial charge in [-0.2, -0.15) is 0 Å². The van der Waals surface area contributed by atoms with Crippen LogP contribution in [0.1, 0.15) is 11.1 Å². The maximum absolute atomic E-state index is 12.9. The topological polar surface area (TPSA) is 3.24 Å². The molecule has 0 atom stereocenters. The van der Waals surface area contributed by atoms with E-state index in [9.17, 15) is 4.39 Å². The molecule has 0 bridgehead atoms. The van der Waals surface area contributed by atoms with Crippen LogP contribution in [0.2, 0.25) is 0 Å². The van der Waals surface area contributed by atoms with Gasteiger partial charge in [0, 0.05) is 6.54 Å². The Balaban J connectivity index is 2.73. The number of nitrogens with zero attached hydrogens (tertiary/aromatic N) is 1. The molecule has 1 aromatic rings. The van der Waals surface area contributed by atoms with Gasteiger partial charge >= 0.3 is 0 Å². The molecule has 13 heavy (non-hydrogen) atoms. The molecule has 72 valence electrons. The molecule has 0 spiro atoms. The first-order valence-corrected chi connectivity index (χ1v) is 5.25. The predicted octanol–water partition coefficient (Wildman–Crippen LogP) is 2.92. The van der Waals surface area contributed by atoms with Gasteiger partial charge in [-0.25, -0.2) is 4.39 Å². The van der Waals surface area contributed by atoms with Crippen LogP contribution in [0.3, 0.4) is 0 Å². The average Bonchev–Trinajstić information content (AvgIpc) is 2.11. The normalized spacial score (nSPS) is 10.8. The molecule has 0 saturated carbocycles. The van der Waals surface area contributed by atoms with Crippen LogP contribution in [0.25, 0.3) is 0 Å². The molecule has 0 N–H and O–H groups in total. The summed E-state index contributed by atoms with van der Waals surface area (Å²) >= 11 is 3.36. The van der Waals surface area contributed by atoms with E-state index in [-0.39, 0.29) is 5.82 Å². The van der Waals surface area contributed by atoms with Gasteiger partial charge in [-0.3, -0.25) is 4.90 Å². The van der Waals surface area contributed by atoms with Crippen LogP contribution in [0, 0.1) is 12.7 Å². The van der Waals surface area contributed by atoms with Crippen molar-refractivity contribution in [1.29, 1.82) is 0 Å². The molecular formula is C10H13BrFN. The zero-order valence-corrected chi connectivity index (χ0v) is 9.44. The fraction of sp³-hybridized carbons (Fsp3) is 0.400. The summed E-state index contributed by atoms with van der Waals surface area (Å²) in [6, 6.07) is 5.22. The Morgan fingerprint density at radius 3 is 2.69 bits per heavy atom. The van der Waals surface area contributed by atoms with Gasteiger partial charge in [-0.15, -0.1) is 0 Å². The van der Waals surface area contributed by atoms with Crippen molar-refractivity contribution >= 4 is 15.9 Å². The average molecular weight is 246 g/mol. The summed E-state index contributed by atoms with van der Waals surface area (Å²) in [6.07, 6.45) is 0. The minimum atomic E-state index is -0.134. The second-order valence-corrected chi connectivity index (χ2v) is 3.72. The number of aryl methyl sites for hydroxylation is 1. The lowest BCUT2D eigenvalue weighted by Gasteiger charge is -2.13. The van der Waals surface area contributed by atoms with Crippen LogP contribution in [-0.2, 0) is 6.54 Å². The van der Waals surface area contributed by atoms with E-state index < -0.39 is 0 Å². The molecule has 0 radical (unpaired) electrons. The highest BCUT2D eigenvalue weighted by atomic mass is 79.9. The monoisotopic (exact) mass is 245 g/mol. The number of benzene rings is 1. The van der Waals surface area contributed by atoms with Crippen LogP contribution in [0.5, 0.6) is 0 Å². The molecule has 0 aliphatic heterocycles. The lowest BCUT2D eigenvalue weighted by Crippen LogP contribution is -2.15. The summed E-state index contributed by atoms with van der Waals surface area (Å²) in [5, 5.41) is 0. The molecule has 0 heterocycles. The lowest BCUT2D eigenvalue weighted by molar-refractivity contribution is 0.389. The summed E-state index contributed by atoms with van der Waals surface area (Å²) < 4.78 is 12.9.